The monoisotopic (exact) mass is 267 g/mol. The van der Waals surface area contributed by atoms with E-state index in [4.69, 9.17) is 4.74 Å². The van der Waals surface area contributed by atoms with Crippen molar-refractivity contribution < 1.29 is 9.13 Å². The van der Waals surface area contributed by atoms with E-state index in [-0.39, 0.29) is 5.82 Å². The van der Waals surface area contributed by atoms with Gasteiger partial charge >= 0.3 is 0 Å². The van der Waals surface area contributed by atoms with Gasteiger partial charge in [-0.05, 0) is 43.4 Å². The van der Waals surface area contributed by atoms with Crippen LogP contribution in [0.5, 0.6) is 0 Å². The van der Waals surface area contributed by atoms with E-state index < -0.39 is 0 Å². The molecule has 0 aliphatic carbocycles. The maximum atomic E-state index is 13.7. The molecule has 19 heavy (non-hydrogen) atoms. The zero-order valence-electron chi connectivity index (χ0n) is 12.3. The lowest BCUT2D eigenvalue weighted by Gasteiger charge is -2.19. The predicted molar refractivity (Wildman–Crippen MR) is 77.8 cm³/mol. The van der Waals surface area contributed by atoms with E-state index in [0.29, 0.717) is 12.0 Å². The number of halogens is 1. The van der Waals surface area contributed by atoms with Gasteiger partial charge in [-0.2, -0.15) is 0 Å². The number of benzene rings is 1. The number of ether oxygens (including phenoxy) is 1. The summed E-state index contributed by atoms with van der Waals surface area (Å²) in [4.78, 5) is 0. The van der Waals surface area contributed by atoms with Crippen molar-refractivity contribution in [3.63, 3.8) is 0 Å². The Balaban J connectivity index is 2.54. The quantitative estimate of drug-likeness (QED) is 0.692. The molecule has 0 saturated heterocycles. The van der Waals surface area contributed by atoms with Gasteiger partial charge in [0.2, 0.25) is 0 Å². The van der Waals surface area contributed by atoms with Crippen LogP contribution in [0.3, 0.4) is 0 Å². The third-order valence-corrected chi connectivity index (χ3v) is 3.24. The Morgan fingerprint density at radius 2 is 2.00 bits per heavy atom. The number of rotatable bonds is 9. The van der Waals surface area contributed by atoms with Gasteiger partial charge in [-0.3, -0.25) is 0 Å². The average Bonchev–Trinajstić information content (AvgIpc) is 2.38. The average molecular weight is 267 g/mol. The molecular weight excluding hydrogens is 241 g/mol. The fourth-order valence-corrected chi connectivity index (χ4v) is 2.17. The van der Waals surface area contributed by atoms with Gasteiger partial charge in [-0.1, -0.05) is 32.0 Å². The van der Waals surface area contributed by atoms with Crippen LogP contribution in [-0.2, 0) is 11.2 Å². The van der Waals surface area contributed by atoms with Crippen LogP contribution in [0.2, 0.25) is 0 Å². The molecule has 0 saturated carbocycles. The summed E-state index contributed by atoms with van der Waals surface area (Å²) in [5.74, 6) is 0.359. The standard InChI is InChI=1S/C16H26FNO/c1-13(2)18-12-14(7-6-10-19-3)11-15-8-4-5-9-16(15)17/h4-5,8-9,13-14,18H,6-7,10-12H2,1-3H3. The molecule has 1 rings (SSSR count). The van der Waals surface area contributed by atoms with Crippen LogP contribution in [0.4, 0.5) is 4.39 Å². The fraction of sp³-hybridized carbons (Fsp3) is 0.625. The molecule has 1 N–H and O–H groups in total. The first kappa shape index (κ1) is 16.1. The summed E-state index contributed by atoms with van der Waals surface area (Å²) in [6, 6.07) is 7.53. The smallest absolute Gasteiger partial charge is 0.126 e. The third-order valence-electron chi connectivity index (χ3n) is 3.24. The Morgan fingerprint density at radius 1 is 1.26 bits per heavy atom. The van der Waals surface area contributed by atoms with Crippen LogP contribution in [0, 0.1) is 11.7 Å². The van der Waals surface area contributed by atoms with E-state index in [9.17, 15) is 4.39 Å². The van der Waals surface area contributed by atoms with Crippen molar-refractivity contribution in [2.24, 2.45) is 5.92 Å². The van der Waals surface area contributed by atoms with Crippen molar-refractivity contribution in [3.05, 3.63) is 35.6 Å². The van der Waals surface area contributed by atoms with Gasteiger partial charge in [0, 0.05) is 19.8 Å². The van der Waals surface area contributed by atoms with E-state index in [0.717, 1.165) is 38.0 Å². The maximum Gasteiger partial charge on any atom is 0.126 e. The topological polar surface area (TPSA) is 21.3 Å². The Morgan fingerprint density at radius 3 is 2.63 bits per heavy atom. The Kier molecular flexibility index (Phi) is 7.68. The lowest BCUT2D eigenvalue weighted by molar-refractivity contribution is 0.186. The highest BCUT2D eigenvalue weighted by Gasteiger charge is 2.12. The van der Waals surface area contributed by atoms with E-state index in [1.807, 2.05) is 12.1 Å². The minimum absolute atomic E-state index is 0.0937. The van der Waals surface area contributed by atoms with E-state index in [1.54, 1.807) is 13.2 Å². The molecule has 1 aromatic carbocycles. The number of hydrogen-bond acceptors (Lipinski definition) is 2. The largest absolute Gasteiger partial charge is 0.385 e. The number of nitrogens with one attached hydrogen (secondary N) is 1. The van der Waals surface area contributed by atoms with Gasteiger partial charge in [-0.25, -0.2) is 4.39 Å². The number of hydrogen-bond donors (Lipinski definition) is 1. The van der Waals surface area contributed by atoms with Crippen molar-refractivity contribution in [1.82, 2.24) is 5.32 Å². The highest BCUT2D eigenvalue weighted by molar-refractivity contribution is 5.17. The zero-order valence-corrected chi connectivity index (χ0v) is 12.3. The molecule has 1 aromatic rings. The van der Waals surface area contributed by atoms with Crippen LogP contribution >= 0.6 is 0 Å². The lowest BCUT2D eigenvalue weighted by atomic mass is 9.94. The van der Waals surface area contributed by atoms with Crippen LogP contribution in [-0.4, -0.2) is 26.3 Å². The van der Waals surface area contributed by atoms with Crippen molar-refractivity contribution in [2.75, 3.05) is 20.3 Å². The van der Waals surface area contributed by atoms with Crippen molar-refractivity contribution in [1.29, 1.82) is 0 Å². The summed E-state index contributed by atoms with van der Waals surface area (Å²) < 4.78 is 18.8. The summed E-state index contributed by atoms with van der Waals surface area (Å²) in [6.45, 7) is 5.97. The summed E-state index contributed by atoms with van der Waals surface area (Å²) in [5, 5.41) is 3.45. The van der Waals surface area contributed by atoms with Gasteiger partial charge in [0.15, 0.2) is 0 Å². The number of methoxy groups -OCH3 is 1. The summed E-state index contributed by atoms with van der Waals surface area (Å²) >= 11 is 0. The second kappa shape index (κ2) is 9.05. The molecule has 0 radical (unpaired) electrons. The molecule has 0 fully saturated rings. The second-order valence-electron chi connectivity index (χ2n) is 5.36. The molecule has 1 atom stereocenters. The normalized spacial score (nSPS) is 12.9. The van der Waals surface area contributed by atoms with Crippen LogP contribution < -0.4 is 5.32 Å². The first-order valence-electron chi connectivity index (χ1n) is 7.09. The zero-order chi connectivity index (χ0) is 14.1. The van der Waals surface area contributed by atoms with Gasteiger partial charge in [-0.15, -0.1) is 0 Å². The highest BCUT2D eigenvalue weighted by atomic mass is 19.1. The minimum Gasteiger partial charge on any atom is -0.385 e. The predicted octanol–water partition coefficient (Wildman–Crippen LogP) is 3.41. The van der Waals surface area contributed by atoms with Gasteiger partial charge in [0.1, 0.15) is 5.82 Å². The van der Waals surface area contributed by atoms with E-state index >= 15 is 0 Å². The van der Waals surface area contributed by atoms with Gasteiger partial charge in [0.25, 0.3) is 0 Å². The molecule has 0 aliphatic heterocycles. The maximum absolute atomic E-state index is 13.7. The molecule has 1 unspecified atom stereocenters. The molecule has 0 bridgehead atoms. The second-order valence-corrected chi connectivity index (χ2v) is 5.36. The third kappa shape index (κ3) is 6.69. The summed E-state index contributed by atoms with van der Waals surface area (Å²) in [7, 11) is 1.72. The minimum atomic E-state index is -0.0937. The molecule has 0 heterocycles. The van der Waals surface area contributed by atoms with Gasteiger partial charge in [0.05, 0.1) is 0 Å². The molecule has 0 aliphatic rings. The first-order valence-corrected chi connectivity index (χ1v) is 7.09. The molecule has 108 valence electrons. The Bertz CT molecular complexity index is 354. The van der Waals surface area contributed by atoms with Crippen molar-refractivity contribution in [3.8, 4) is 0 Å². The van der Waals surface area contributed by atoms with Crippen LogP contribution in [0.1, 0.15) is 32.3 Å². The Labute approximate surface area is 116 Å². The fourth-order valence-electron chi connectivity index (χ4n) is 2.17. The molecule has 2 nitrogen and oxygen atoms in total. The lowest BCUT2D eigenvalue weighted by Crippen LogP contribution is -2.30. The first-order chi connectivity index (χ1) is 9.13. The highest BCUT2D eigenvalue weighted by Crippen LogP contribution is 2.16. The van der Waals surface area contributed by atoms with Crippen LogP contribution in [0.15, 0.2) is 24.3 Å². The molecule has 0 spiro atoms. The molecule has 0 aromatic heterocycles. The Hall–Kier alpha value is -0.930. The molecule has 3 heteroatoms. The van der Waals surface area contributed by atoms with Crippen molar-refractivity contribution >= 4 is 0 Å². The van der Waals surface area contributed by atoms with Crippen molar-refractivity contribution in [2.45, 2.75) is 39.2 Å². The van der Waals surface area contributed by atoms with Crippen LogP contribution in [0.25, 0.3) is 0 Å². The van der Waals surface area contributed by atoms with E-state index in [2.05, 4.69) is 19.2 Å². The SMILES string of the molecule is COCCCC(CNC(C)C)Cc1ccccc1F. The molecule has 0 amide bonds. The van der Waals surface area contributed by atoms with Gasteiger partial charge < -0.3 is 10.1 Å². The van der Waals surface area contributed by atoms with E-state index in [1.165, 1.54) is 6.07 Å². The summed E-state index contributed by atoms with van der Waals surface area (Å²) in [6.07, 6.45) is 2.87. The summed E-state index contributed by atoms with van der Waals surface area (Å²) in [5.41, 5.74) is 0.815. The molecular formula is C16H26FNO.